The van der Waals surface area contributed by atoms with Gasteiger partial charge >= 0.3 is 0 Å². The second-order valence-corrected chi connectivity index (χ2v) is 5.48. The van der Waals surface area contributed by atoms with E-state index in [-0.39, 0.29) is 24.5 Å². The maximum Gasteiger partial charge on any atom is 0.262 e. The fourth-order valence-electron chi connectivity index (χ4n) is 2.05. The van der Waals surface area contributed by atoms with Crippen molar-refractivity contribution >= 4 is 17.5 Å². The molecule has 0 fully saturated rings. The molecule has 0 heterocycles. The molecule has 0 aliphatic heterocycles. The fourth-order valence-corrected chi connectivity index (χ4v) is 2.05. The quantitative estimate of drug-likeness (QED) is 0.821. The molecule has 5 nitrogen and oxygen atoms in total. The standard InChI is InChI=1S/C19H22N2O3/c1-3-14(2)20-19(23)16-11-7-8-12-17(16)21-18(22)13-24-15-9-5-4-6-10-15/h4-12,14H,3,13H2,1-2H3,(H,20,23)(H,21,22). The Bertz CT molecular complexity index is 686. The molecule has 0 aromatic heterocycles. The molecule has 0 aliphatic carbocycles. The molecule has 126 valence electrons. The van der Waals surface area contributed by atoms with Crippen LogP contribution in [0.2, 0.25) is 0 Å². The molecule has 0 radical (unpaired) electrons. The van der Waals surface area contributed by atoms with E-state index in [4.69, 9.17) is 4.74 Å². The van der Waals surface area contributed by atoms with Crippen LogP contribution >= 0.6 is 0 Å². The normalized spacial score (nSPS) is 11.4. The number of amides is 2. The van der Waals surface area contributed by atoms with Gasteiger partial charge in [-0.1, -0.05) is 37.3 Å². The van der Waals surface area contributed by atoms with Crippen molar-refractivity contribution in [3.63, 3.8) is 0 Å². The highest BCUT2D eigenvalue weighted by atomic mass is 16.5. The zero-order valence-electron chi connectivity index (χ0n) is 13.9. The van der Waals surface area contributed by atoms with E-state index >= 15 is 0 Å². The first kappa shape index (κ1) is 17.5. The minimum atomic E-state index is -0.317. The summed E-state index contributed by atoms with van der Waals surface area (Å²) in [7, 11) is 0. The molecule has 0 saturated carbocycles. The summed E-state index contributed by atoms with van der Waals surface area (Å²) in [5.74, 6) is 0.0994. The Kier molecular flexibility index (Phi) is 6.37. The minimum Gasteiger partial charge on any atom is -0.484 e. The molecular weight excluding hydrogens is 304 g/mol. The van der Waals surface area contributed by atoms with Crippen LogP contribution in [0.4, 0.5) is 5.69 Å². The first-order chi connectivity index (χ1) is 11.6. The van der Waals surface area contributed by atoms with Gasteiger partial charge in [-0.05, 0) is 37.6 Å². The van der Waals surface area contributed by atoms with Gasteiger partial charge in [0.05, 0.1) is 11.3 Å². The molecule has 0 saturated heterocycles. The van der Waals surface area contributed by atoms with E-state index in [2.05, 4.69) is 10.6 Å². The van der Waals surface area contributed by atoms with E-state index in [1.54, 1.807) is 36.4 Å². The Morgan fingerprint density at radius 2 is 1.71 bits per heavy atom. The van der Waals surface area contributed by atoms with Crippen molar-refractivity contribution < 1.29 is 14.3 Å². The number of anilines is 1. The monoisotopic (exact) mass is 326 g/mol. The van der Waals surface area contributed by atoms with Crippen LogP contribution in [0.25, 0.3) is 0 Å². The third-order valence-electron chi connectivity index (χ3n) is 3.55. The molecule has 0 bridgehead atoms. The minimum absolute atomic E-state index is 0.0719. The molecule has 0 aliphatic rings. The van der Waals surface area contributed by atoms with Crippen molar-refractivity contribution in [3.8, 4) is 5.75 Å². The van der Waals surface area contributed by atoms with Gasteiger partial charge in [-0.2, -0.15) is 0 Å². The summed E-state index contributed by atoms with van der Waals surface area (Å²) in [5, 5.41) is 5.62. The highest BCUT2D eigenvalue weighted by molar-refractivity contribution is 6.04. The van der Waals surface area contributed by atoms with Crippen LogP contribution in [-0.2, 0) is 4.79 Å². The summed E-state index contributed by atoms with van der Waals surface area (Å²) in [4.78, 5) is 24.4. The highest BCUT2D eigenvalue weighted by Crippen LogP contribution is 2.15. The van der Waals surface area contributed by atoms with Gasteiger partial charge in [0.25, 0.3) is 11.8 Å². The number of nitrogens with one attached hydrogen (secondary N) is 2. The lowest BCUT2D eigenvalue weighted by atomic mass is 10.1. The Morgan fingerprint density at radius 1 is 1.04 bits per heavy atom. The average molecular weight is 326 g/mol. The molecule has 5 heteroatoms. The van der Waals surface area contributed by atoms with Crippen LogP contribution < -0.4 is 15.4 Å². The summed E-state index contributed by atoms with van der Waals surface area (Å²) in [6, 6.07) is 16.1. The molecule has 2 aromatic rings. The average Bonchev–Trinajstić information content (AvgIpc) is 2.61. The van der Waals surface area contributed by atoms with Crippen molar-refractivity contribution in [2.45, 2.75) is 26.3 Å². The number of hydrogen-bond donors (Lipinski definition) is 2. The first-order valence-electron chi connectivity index (χ1n) is 7.97. The fraction of sp³-hybridized carbons (Fsp3) is 0.263. The topological polar surface area (TPSA) is 67.4 Å². The van der Waals surface area contributed by atoms with Gasteiger partial charge in [-0.3, -0.25) is 9.59 Å². The lowest BCUT2D eigenvalue weighted by molar-refractivity contribution is -0.118. The largest absolute Gasteiger partial charge is 0.484 e. The summed E-state index contributed by atoms with van der Waals surface area (Å²) < 4.78 is 5.41. The van der Waals surface area contributed by atoms with Gasteiger partial charge < -0.3 is 15.4 Å². The number of para-hydroxylation sites is 2. The molecule has 1 atom stereocenters. The third-order valence-corrected chi connectivity index (χ3v) is 3.55. The van der Waals surface area contributed by atoms with E-state index < -0.39 is 0 Å². The summed E-state index contributed by atoms with van der Waals surface area (Å²) >= 11 is 0. The zero-order chi connectivity index (χ0) is 17.4. The van der Waals surface area contributed by atoms with Gasteiger partial charge in [0.15, 0.2) is 6.61 Å². The molecule has 24 heavy (non-hydrogen) atoms. The third kappa shape index (κ3) is 5.12. The lowest BCUT2D eigenvalue weighted by Crippen LogP contribution is -2.33. The summed E-state index contributed by atoms with van der Waals surface area (Å²) in [5.41, 5.74) is 0.908. The molecule has 2 rings (SSSR count). The van der Waals surface area contributed by atoms with E-state index in [1.807, 2.05) is 32.0 Å². The van der Waals surface area contributed by atoms with Crippen LogP contribution in [0.5, 0.6) is 5.75 Å². The molecular formula is C19H22N2O3. The van der Waals surface area contributed by atoms with Crippen molar-refractivity contribution in [2.24, 2.45) is 0 Å². The lowest BCUT2D eigenvalue weighted by Gasteiger charge is -2.14. The molecule has 2 amide bonds. The van der Waals surface area contributed by atoms with Crippen LogP contribution in [0.15, 0.2) is 54.6 Å². The highest BCUT2D eigenvalue weighted by Gasteiger charge is 2.14. The first-order valence-corrected chi connectivity index (χ1v) is 7.97. The van der Waals surface area contributed by atoms with Gasteiger partial charge in [0, 0.05) is 6.04 Å². The molecule has 2 N–H and O–H groups in total. The van der Waals surface area contributed by atoms with Crippen molar-refractivity contribution in [3.05, 3.63) is 60.2 Å². The summed E-state index contributed by atoms with van der Waals surface area (Å²) in [6.45, 7) is 3.82. The Balaban J connectivity index is 1.99. The smallest absolute Gasteiger partial charge is 0.262 e. The van der Waals surface area contributed by atoms with E-state index in [9.17, 15) is 9.59 Å². The predicted octanol–water partition coefficient (Wildman–Crippen LogP) is 3.23. The van der Waals surface area contributed by atoms with Crippen LogP contribution in [0, 0.1) is 0 Å². The van der Waals surface area contributed by atoms with Gasteiger partial charge in [-0.15, -0.1) is 0 Å². The van der Waals surface area contributed by atoms with Gasteiger partial charge in [0.2, 0.25) is 0 Å². The Labute approximate surface area is 142 Å². The van der Waals surface area contributed by atoms with Crippen molar-refractivity contribution in [1.29, 1.82) is 0 Å². The summed E-state index contributed by atoms with van der Waals surface area (Å²) in [6.07, 6.45) is 0.838. The number of ether oxygens (including phenoxy) is 1. The molecule has 0 spiro atoms. The predicted molar refractivity (Wildman–Crippen MR) is 94.2 cm³/mol. The number of rotatable bonds is 7. The number of hydrogen-bond acceptors (Lipinski definition) is 3. The van der Waals surface area contributed by atoms with Crippen LogP contribution in [-0.4, -0.2) is 24.5 Å². The maximum atomic E-state index is 12.3. The van der Waals surface area contributed by atoms with E-state index in [0.29, 0.717) is 17.0 Å². The Morgan fingerprint density at radius 3 is 2.42 bits per heavy atom. The van der Waals surface area contributed by atoms with Crippen LogP contribution in [0.1, 0.15) is 30.6 Å². The van der Waals surface area contributed by atoms with E-state index in [1.165, 1.54) is 0 Å². The van der Waals surface area contributed by atoms with Crippen molar-refractivity contribution in [2.75, 3.05) is 11.9 Å². The number of carbonyl (C=O) groups is 2. The second-order valence-electron chi connectivity index (χ2n) is 5.48. The second kappa shape index (κ2) is 8.72. The number of benzene rings is 2. The zero-order valence-corrected chi connectivity index (χ0v) is 13.9. The molecule has 1 unspecified atom stereocenters. The molecule has 2 aromatic carbocycles. The Hall–Kier alpha value is -2.82. The maximum absolute atomic E-state index is 12.3. The van der Waals surface area contributed by atoms with Crippen LogP contribution in [0.3, 0.4) is 0 Å². The van der Waals surface area contributed by atoms with Gasteiger partial charge in [-0.25, -0.2) is 0 Å². The van der Waals surface area contributed by atoms with Gasteiger partial charge in [0.1, 0.15) is 5.75 Å². The van der Waals surface area contributed by atoms with E-state index in [0.717, 1.165) is 6.42 Å². The number of carbonyl (C=O) groups excluding carboxylic acids is 2. The SMILES string of the molecule is CCC(C)NC(=O)c1ccccc1NC(=O)COc1ccccc1. The van der Waals surface area contributed by atoms with Crippen molar-refractivity contribution in [1.82, 2.24) is 5.32 Å².